The Bertz CT molecular complexity index is 1010. The van der Waals surface area contributed by atoms with E-state index in [2.05, 4.69) is 10.6 Å². The largest absolute Gasteiger partial charge is 0.464 e. The van der Waals surface area contributed by atoms with E-state index in [0.29, 0.717) is 28.4 Å². The van der Waals surface area contributed by atoms with Crippen LogP contribution in [0.25, 0.3) is 11.3 Å². The third-order valence-electron chi connectivity index (χ3n) is 4.04. The number of esters is 1. The molecule has 0 aliphatic heterocycles. The lowest BCUT2D eigenvalue weighted by Gasteiger charge is -2.08. The number of carbonyl (C=O) groups is 3. The van der Waals surface area contributed by atoms with Crippen molar-refractivity contribution < 1.29 is 23.5 Å². The van der Waals surface area contributed by atoms with Crippen LogP contribution in [0.5, 0.6) is 0 Å². The van der Waals surface area contributed by atoms with Crippen molar-refractivity contribution in [3.8, 4) is 11.3 Å². The Hall–Kier alpha value is -3.39. The Morgan fingerprint density at radius 2 is 1.90 bits per heavy atom. The van der Waals surface area contributed by atoms with Gasteiger partial charge in [0.2, 0.25) is 5.91 Å². The van der Waals surface area contributed by atoms with E-state index >= 15 is 0 Å². The number of carbonyl (C=O) groups excluding carboxylic acids is 3. The van der Waals surface area contributed by atoms with Crippen LogP contribution < -0.4 is 10.6 Å². The van der Waals surface area contributed by atoms with E-state index in [4.69, 9.17) is 9.15 Å². The molecule has 2 aromatic heterocycles. The minimum absolute atomic E-state index is 0.122. The van der Waals surface area contributed by atoms with Crippen LogP contribution in [0.3, 0.4) is 0 Å². The van der Waals surface area contributed by atoms with Gasteiger partial charge >= 0.3 is 5.97 Å². The van der Waals surface area contributed by atoms with Crippen LogP contribution in [-0.4, -0.2) is 24.4 Å². The molecule has 0 spiro atoms. The van der Waals surface area contributed by atoms with Crippen molar-refractivity contribution in [2.24, 2.45) is 0 Å². The Labute approximate surface area is 171 Å². The molecule has 1 aromatic carbocycles. The molecular weight excluding hydrogens is 392 g/mol. The number of rotatable bonds is 7. The number of amides is 2. The van der Waals surface area contributed by atoms with Gasteiger partial charge in [0.1, 0.15) is 16.3 Å². The molecule has 150 valence electrons. The molecule has 0 unspecified atom stereocenters. The molecule has 0 saturated heterocycles. The fourth-order valence-electron chi connectivity index (χ4n) is 2.64. The molecule has 0 radical (unpaired) electrons. The second kappa shape index (κ2) is 9.20. The summed E-state index contributed by atoms with van der Waals surface area (Å²) in [6.45, 7) is 3.77. The van der Waals surface area contributed by atoms with Crippen LogP contribution in [0.4, 0.5) is 5.00 Å². The minimum Gasteiger partial charge on any atom is -0.464 e. The number of thiophene rings is 1. The maximum atomic E-state index is 12.7. The van der Waals surface area contributed by atoms with Gasteiger partial charge in [-0.3, -0.25) is 9.59 Å². The first-order chi connectivity index (χ1) is 14.0. The molecule has 2 N–H and O–H groups in total. The number of anilines is 1. The molecule has 3 aromatic rings. The zero-order valence-corrected chi connectivity index (χ0v) is 16.8. The molecule has 0 bridgehead atoms. The van der Waals surface area contributed by atoms with Crippen LogP contribution in [-0.2, 0) is 16.1 Å². The lowest BCUT2D eigenvalue weighted by molar-refractivity contribution is -0.119. The fraction of sp³-hybridized carbons (Fsp3) is 0.190. The van der Waals surface area contributed by atoms with Gasteiger partial charge in [-0.2, -0.15) is 0 Å². The van der Waals surface area contributed by atoms with Gasteiger partial charge in [0, 0.05) is 30.0 Å². The summed E-state index contributed by atoms with van der Waals surface area (Å²) in [5.74, 6) is -0.480. The van der Waals surface area contributed by atoms with Gasteiger partial charge in [-0.1, -0.05) is 12.1 Å². The number of ether oxygens (including phenoxy) is 1. The van der Waals surface area contributed by atoms with Gasteiger partial charge in [-0.15, -0.1) is 11.3 Å². The normalized spacial score (nSPS) is 10.4. The van der Waals surface area contributed by atoms with Crippen molar-refractivity contribution in [2.75, 3.05) is 11.9 Å². The van der Waals surface area contributed by atoms with Crippen molar-refractivity contribution in [1.82, 2.24) is 5.32 Å². The molecule has 3 rings (SSSR count). The second-order valence-corrected chi connectivity index (χ2v) is 6.99. The Morgan fingerprint density at radius 1 is 1.14 bits per heavy atom. The standard InChI is InChI=1S/C21H20N2O5S/c1-3-27-21(26)18-16(17-5-4-10-28-17)12-29-20(18)23-19(25)15-8-6-14(7-9-15)11-22-13(2)24/h4-10,12H,3,11H2,1-2H3,(H,22,24)(H,23,25). The summed E-state index contributed by atoms with van der Waals surface area (Å²) in [5, 5.41) is 7.62. The van der Waals surface area contributed by atoms with Gasteiger partial charge in [-0.05, 0) is 36.8 Å². The molecule has 29 heavy (non-hydrogen) atoms. The van der Waals surface area contributed by atoms with Crippen LogP contribution in [0.15, 0.2) is 52.5 Å². The molecular formula is C21H20N2O5S. The third kappa shape index (κ3) is 4.91. The molecule has 0 aliphatic carbocycles. The predicted molar refractivity (Wildman–Crippen MR) is 110 cm³/mol. The first-order valence-electron chi connectivity index (χ1n) is 8.96. The predicted octanol–water partition coefficient (Wildman–Crippen LogP) is 4.07. The first kappa shape index (κ1) is 20.3. The van der Waals surface area contributed by atoms with Crippen molar-refractivity contribution in [3.05, 3.63) is 64.7 Å². The smallest absolute Gasteiger partial charge is 0.341 e. The highest BCUT2D eigenvalue weighted by Crippen LogP contribution is 2.36. The molecule has 0 fully saturated rings. The zero-order chi connectivity index (χ0) is 20.8. The Morgan fingerprint density at radius 3 is 2.52 bits per heavy atom. The van der Waals surface area contributed by atoms with Crippen LogP contribution >= 0.6 is 11.3 Å². The fourth-order valence-corrected chi connectivity index (χ4v) is 3.58. The zero-order valence-electron chi connectivity index (χ0n) is 16.0. The molecule has 8 heteroatoms. The van der Waals surface area contributed by atoms with E-state index in [9.17, 15) is 14.4 Å². The summed E-state index contributed by atoms with van der Waals surface area (Å²) in [7, 11) is 0. The quantitative estimate of drug-likeness (QED) is 0.570. The van der Waals surface area contributed by atoms with Crippen LogP contribution in [0.2, 0.25) is 0 Å². The van der Waals surface area contributed by atoms with E-state index in [-0.39, 0.29) is 24.0 Å². The molecule has 7 nitrogen and oxygen atoms in total. The maximum Gasteiger partial charge on any atom is 0.341 e. The molecule has 0 atom stereocenters. The minimum atomic E-state index is -0.527. The highest BCUT2D eigenvalue weighted by atomic mass is 32.1. The van der Waals surface area contributed by atoms with Crippen LogP contribution in [0.1, 0.15) is 40.1 Å². The highest BCUT2D eigenvalue weighted by molar-refractivity contribution is 7.15. The Balaban J connectivity index is 1.81. The van der Waals surface area contributed by atoms with Crippen molar-refractivity contribution >= 4 is 34.1 Å². The number of hydrogen-bond donors (Lipinski definition) is 2. The molecule has 0 saturated carbocycles. The van der Waals surface area contributed by atoms with Gasteiger partial charge in [0.05, 0.1) is 12.9 Å². The number of furan rings is 1. The van der Waals surface area contributed by atoms with Gasteiger partial charge < -0.3 is 19.8 Å². The number of nitrogens with one attached hydrogen (secondary N) is 2. The second-order valence-electron chi connectivity index (χ2n) is 6.11. The summed E-state index contributed by atoms with van der Waals surface area (Å²) in [4.78, 5) is 36.2. The summed E-state index contributed by atoms with van der Waals surface area (Å²) >= 11 is 1.23. The van der Waals surface area contributed by atoms with Crippen molar-refractivity contribution in [1.29, 1.82) is 0 Å². The SMILES string of the molecule is CCOC(=O)c1c(-c2ccco2)csc1NC(=O)c1ccc(CNC(C)=O)cc1. The van der Waals surface area contributed by atoms with E-state index in [1.54, 1.807) is 48.7 Å². The van der Waals surface area contributed by atoms with E-state index < -0.39 is 5.97 Å². The number of hydrogen-bond acceptors (Lipinski definition) is 6. The summed E-state index contributed by atoms with van der Waals surface area (Å²) in [6, 6.07) is 10.3. The van der Waals surface area contributed by atoms with E-state index in [1.165, 1.54) is 24.5 Å². The number of benzene rings is 1. The highest BCUT2D eigenvalue weighted by Gasteiger charge is 2.24. The summed E-state index contributed by atoms with van der Waals surface area (Å²) < 4.78 is 10.6. The Kier molecular flexibility index (Phi) is 6.46. The average Bonchev–Trinajstić information content (AvgIpc) is 3.36. The van der Waals surface area contributed by atoms with Gasteiger partial charge in [-0.25, -0.2) is 4.79 Å². The third-order valence-corrected chi connectivity index (χ3v) is 4.94. The van der Waals surface area contributed by atoms with Gasteiger partial charge in [0.15, 0.2) is 0 Å². The van der Waals surface area contributed by atoms with Crippen molar-refractivity contribution in [3.63, 3.8) is 0 Å². The van der Waals surface area contributed by atoms with Crippen LogP contribution in [0, 0.1) is 0 Å². The van der Waals surface area contributed by atoms with E-state index in [0.717, 1.165) is 5.56 Å². The lowest BCUT2D eigenvalue weighted by Crippen LogP contribution is -2.19. The average molecular weight is 412 g/mol. The first-order valence-corrected chi connectivity index (χ1v) is 9.84. The molecule has 2 heterocycles. The maximum absolute atomic E-state index is 12.7. The molecule has 0 aliphatic rings. The lowest BCUT2D eigenvalue weighted by atomic mass is 10.1. The summed E-state index contributed by atoms with van der Waals surface area (Å²) in [6.07, 6.45) is 1.52. The van der Waals surface area contributed by atoms with Crippen molar-refractivity contribution in [2.45, 2.75) is 20.4 Å². The molecule has 2 amide bonds. The topological polar surface area (TPSA) is 97.6 Å². The summed E-state index contributed by atoms with van der Waals surface area (Å²) in [5.41, 5.74) is 2.14. The monoisotopic (exact) mass is 412 g/mol. The van der Waals surface area contributed by atoms with E-state index in [1.807, 2.05) is 0 Å². The van der Waals surface area contributed by atoms with Gasteiger partial charge in [0.25, 0.3) is 5.91 Å².